The predicted octanol–water partition coefficient (Wildman–Crippen LogP) is 4.30. The predicted molar refractivity (Wildman–Crippen MR) is 83.5 cm³/mol. The van der Waals surface area contributed by atoms with Crippen molar-refractivity contribution in [3.8, 4) is 0 Å². The third kappa shape index (κ3) is 2.23. The lowest BCUT2D eigenvalue weighted by atomic mass is 10.1. The molecule has 1 aromatic heterocycles. The number of hydrogen-bond acceptors (Lipinski definition) is 3. The van der Waals surface area contributed by atoms with Gasteiger partial charge < -0.3 is 5.32 Å². The Labute approximate surface area is 118 Å². The molecule has 3 aromatic rings. The molecule has 1 N–H and O–H groups in total. The first-order chi connectivity index (χ1) is 9.65. The molecule has 0 saturated heterocycles. The summed E-state index contributed by atoms with van der Waals surface area (Å²) in [6.45, 7) is 6.22. The normalized spacial score (nSPS) is 10.8. The second-order valence-electron chi connectivity index (χ2n) is 5.10. The molecule has 1 heterocycles. The van der Waals surface area contributed by atoms with Gasteiger partial charge in [0.1, 0.15) is 0 Å². The Hall–Kier alpha value is -2.42. The Morgan fingerprint density at radius 3 is 2.45 bits per heavy atom. The highest BCUT2D eigenvalue weighted by molar-refractivity contribution is 5.93. The van der Waals surface area contributed by atoms with Crippen LogP contribution in [0.3, 0.4) is 0 Å². The summed E-state index contributed by atoms with van der Waals surface area (Å²) in [6.07, 6.45) is 0. The summed E-state index contributed by atoms with van der Waals surface area (Å²) in [7, 11) is 0. The molecule has 3 nitrogen and oxygen atoms in total. The fourth-order valence-electron chi connectivity index (χ4n) is 2.27. The fraction of sp³-hybridized carbons (Fsp3) is 0.176. The van der Waals surface area contributed by atoms with Gasteiger partial charge in [-0.25, -0.2) is 0 Å². The number of anilines is 2. The number of nitrogens with one attached hydrogen (secondary N) is 1. The van der Waals surface area contributed by atoms with Crippen LogP contribution in [0.2, 0.25) is 0 Å². The Bertz CT molecular complexity index is 778. The molecular weight excluding hydrogens is 246 g/mol. The molecule has 0 radical (unpaired) electrons. The van der Waals surface area contributed by atoms with E-state index in [4.69, 9.17) is 0 Å². The maximum absolute atomic E-state index is 4.23. The molecule has 0 atom stereocenters. The second kappa shape index (κ2) is 4.93. The molecule has 3 rings (SSSR count). The largest absolute Gasteiger partial charge is 0.353 e. The number of aryl methyl sites for hydroxylation is 3. The second-order valence-corrected chi connectivity index (χ2v) is 5.10. The number of aromatic nitrogens is 2. The lowest BCUT2D eigenvalue weighted by Crippen LogP contribution is -1.99. The minimum Gasteiger partial charge on any atom is -0.353 e. The summed E-state index contributed by atoms with van der Waals surface area (Å²) in [6, 6.07) is 14.4. The highest BCUT2D eigenvalue weighted by Crippen LogP contribution is 2.27. The first-order valence-corrected chi connectivity index (χ1v) is 6.71. The van der Waals surface area contributed by atoms with Crippen molar-refractivity contribution in [1.82, 2.24) is 10.2 Å². The molecule has 0 saturated carbocycles. The molecule has 0 spiro atoms. The van der Waals surface area contributed by atoms with Gasteiger partial charge in [0, 0.05) is 11.1 Å². The number of fused-ring (bicyclic) bond motifs is 1. The fourth-order valence-corrected chi connectivity index (χ4v) is 2.27. The lowest BCUT2D eigenvalue weighted by Gasteiger charge is -2.12. The average Bonchev–Trinajstić information content (AvgIpc) is 2.46. The number of nitrogens with zero attached hydrogens (tertiary/aromatic N) is 2. The maximum atomic E-state index is 4.23. The minimum atomic E-state index is 0.905. The zero-order valence-electron chi connectivity index (χ0n) is 11.9. The maximum Gasteiger partial charge on any atom is 0.0950 e. The van der Waals surface area contributed by atoms with Crippen molar-refractivity contribution in [2.45, 2.75) is 20.8 Å². The van der Waals surface area contributed by atoms with Crippen molar-refractivity contribution in [2.75, 3.05) is 5.32 Å². The third-order valence-corrected chi connectivity index (χ3v) is 3.62. The Balaban J connectivity index is 2.10. The first-order valence-electron chi connectivity index (χ1n) is 6.71. The highest BCUT2D eigenvalue weighted by atomic mass is 15.1. The van der Waals surface area contributed by atoms with Gasteiger partial charge in [-0.3, -0.25) is 0 Å². The number of benzene rings is 2. The molecule has 0 aliphatic heterocycles. The van der Waals surface area contributed by atoms with Crippen molar-refractivity contribution < 1.29 is 0 Å². The molecule has 2 aromatic carbocycles. The molecule has 0 amide bonds. The Kier molecular flexibility index (Phi) is 3.11. The van der Waals surface area contributed by atoms with E-state index < -0.39 is 0 Å². The molecule has 0 fully saturated rings. The summed E-state index contributed by atoms with van der Waals surface area (Å²) >= 11 is 0. The van der Waals surface area contributed by atoms with Gasteiger partial charge in [0.25, 0.3) is 0 Å². The van der Waals surface area contributed by atoms with Crippen LogP contribution < -0.4 is 5.32 Å². The van der Waals surface area contributed by atoms with Crippen molar-refractivity contribution >= 4 is 22.3 Å². The zero-order valence-corrected chi connectivity index (χ0v) is 11.9. The first kappa shape index (κ1) is 12.6. The van der Waals surface area contributed by atoms with Gasteiger partial charge in [0.05, 0.1) is 16.9 Å². The quantitative estimate of drug-likeness (QED) is 0.749. The summed E-state index contributed by atoms with van der Waals surface area (Å²) in [5, 5.41) is 13.0. The molecule has 0 aliphatic carbocycles. The van der Waals surface area contributed by atoms with Crippen molar-refractivity contribution in [3.05, 3.63) is 59.3 Å². The Morgan fingerprint density at radius 2 is 1.65 bits per heavy atom. The van der Waals surface area contributed by atoms with Gasteiger partial charge in [0.15, 0.2) is 0 Å². The van der Waals surface area contributed by atoms with Crippen LogP contribution in [0.5, 0.6) is 0 Å². The van der Waals surface area contributed by atoms with Crippen LogP contribution in [0, 0.1) is 20.8 Å². The van der Waals surface area contributed by atoms with Crippen LogP contribution in [-0.2, 0) is 0 Å². The molecule has 20 heavy (non-hydrogen) atoms. The van der Waals surface area contributed by atoms with Gasteiger partial charge in [-0.2, -0.15) is 10.2 Å². The average molecular weight is 263 g/mol. The van der Waals surface area contributed by atoms with Crippen molar-refractivity contribution in [3.63, 3.8) is 0 Å². The van der Waals surface area contributed by atoms with Gasteiger partial charge in [-0.15, -0.1) is 0 Å². The SMILES string of the molecule is Cc1ccc(Nc2c(C)nnc3ccccc23)cc1C. The topological polar surface area (TPSA) is 37.8 Å². The molecule has 0 bridgehead atoms. The van der Waals surface area contributed by atoms with E-state index in [9.17, 15) is 0 Å². The van der Waals surface area contributed by atoms with Crippen LogP contribution in [0.1, 0.15) is 16.8 Å². The highest BCUT2D eigenvalue weighted by Gasteiger charge is 2.07. The molecule has 100 valence electrons. The van der Waals surface area contributed by atoms with Gasteiger partial charge in [0.2, 0.25) is 0 Å². The monoisotopic (exact) mass is 263 g/mol. The van der Waals surface area contributed by atoms with Crippen molar-refractivity contribution in [2.24, 2.45) is 0 Å². The molecule has 0 aliphatic rings. The lowest BCUT2D eigenvalue weighted by molar-refractivity contribution is 1.02. The van der Waals surface area contributed by atoms with E-state index in [0.717, 1.165) is 28.0 Å². The summed E-state index contributed by atoms with van der Waals surface area (Å²) in [5.41, 5.74) is 6.49. The van der Waals surface area contributed by atoms with E-state index in [1.165, 1.54) is 11.1 Å². The van der Waals surface area contributed by atoms with Crippen LogP contribution in [0.25, 0.3) is 10.9 Å². The van der Waals surface area contributed by atoms with E-state index in [2.05, 4.69) is 53.6 Å². The van der Waals surface area contributed by atoms with Crippen molar-refractivity contribution in [1.29, 1.82) is 0 Å². The number of hydrogen-bond donors (Lipinski definition) is 1. The third-order valence-electron chi connectivity index (χ3n) is 3.62. The van der Waals surface area contributed by atoms with Crippen LogP contribution in [0.4, 0.5) is 11.4 Å². The zero-order chi connectivity index (χ0) is 14.1. The van der Waals surface area contributed by atoms with Gasteiger partial charge in [-0.1, -0.05) is 24.3 Å². The summed E-state index contributed by atoms with van der Waals surface area (Å²) in [4.78, 5) is 0. The summed E-state index contributed by atoms with van der Waals surface area (Å²) < 4.78 is 0. The van der Waals surface area contributed by atoms with E-state index >= 15 is 0 Å². The number of rotatable bonds is 2. The summed E-state index contributed by atoms with van der Waals surface area (Å²) in [5.74, 6) is 0. The van der Waals surface area contributed by atoms with E-state index in [-0.39, 0.29) is 0 Å². The van der Waals surface area contributed by atoms with E-state index in [1.54, 1.807) is 0 Å². The van der Waals surface area contributed by atoms with Crippen LogP contribution in [0.15, 0.2) is 42.5 Å². The minimum absolute atomic E-state index is 0.905. The smallest absolute Gasteiger partial charge is 0.0950 e. The van der Waals surface area contributed by atoms with Gasteiger partial charge in [-0.05, 0) is 50.1 Å². The van der Waals surface area contributed by atoms with Crippen LogP contribution in [-0.4, -0.2) is 10.2 Å². The van der Waals surface area contributed by atoms with E-state index in [1.807, 2.05) is 25.1 Å². The van der Waals surface area contributed by atoms with Gasteiger partial charge >= 0.3 is 0 Å². The van der Waals surface area contributed by atoms with Crippen LogP contribution >= 0.6 is 0 Å². The molecule has 3 heteroatoms. The van der Waals surface area contributed by atoms with E-state index in [0.29, 0.717) is 0 Å². The Morgan fingerprint density at radius 1 is 0.850 bits per heavy atom. The molecular formula is C17H17N3. The molecule has 0 unspecified atom stereocenters. The standard InChI is InChI=1S/C17H17N3/c1-11-8-9-14(10-12(11)2)18-17-13(3)19-20-16-7-5-4-6-15(16)17/h4-10H,1-3H3,(H,18,20).